The molecule has 0 bridgehead atoms. The zero-order valence-corrected chi connectivity index (χ0v) is 8.07. The standard InChI is InChI=1S/C8H9FN2O4/c1-3-4(2)7(13)11(10-6(3)12)5(9)8(14)15/h5H,1-2H3,(H,10,12)(H,14,15). The number of carbonyl (C=O) groups is 1. The number of aromatic amines is 1. The van der Waals surface area contributed by atoms with Crippen molar-refractivity contribution in [3.63, 3.8) is 0 Å². The van der Waals surface area contributed by atoms with Crippen molar-refractivity contribution in [3.8, 4) is 0 Å². The third-order valence-corrected chi connectivity index (χ3v) is 2.10. The number of aliphatic carboxylic acids is 1. The molecule has 7 heteroatoms. The van der Waals surface area contributed by atoms with Crippen molar-refractivity contribution in [2.45, 2.75) is 20.1 Å². The number of aromatic nitrogens is 2. The molecule has 1 unspecified atom stereocenters. The quantitative estimate of drug-likeness (QED) is 0.710. The van der Waals surface area contributed by atoms with E-state index in [9.17, 15) is 18.8 Å². The summed E-state index contributed by atoms with van der Waals surface area (Å²) in [6, 6.07) is 0. The minimum atomic E-state index is -2.58. The van der Waals surface area contributed by atoms with E-state index in [1.807, 2.05) is 5.10 Å². The van der Waals surface area contributed by atoms with Crippen LogP contribution in [-0.4, -0.2) is 20.9 Å². The summed E-state index contributed by atoms with van der Waals surface area (Å²) in [6.07, 6.45) is -2.58. The normalized spacial score (nSPS) is 12.5. The summed E-state index contributed by atoms with van der Waals surface area (Å²) < 4.78 is 13.2. The number of hydrogen-bond donors (Lipinski definition) is 2. The van der Waals surface area contributed by atoms with Gasteiger partial charge in [-0.05, 0) is 13.8 Å². The van der Waals surface area contributed by atoms with Crippen molar-refractivity contribution >= 4 is 5.97 Å². The molecular weight excluding hydrogens is 207 g/mol. The molecule has 0 saturated heterocycles. The van der Waals surface area contributed by atoms with E-state index in [0.29, 0.717) is 0 Å². The molecule has 6 nitrogen and oxygen atoms in total. The summed E-state index contributed by atoms with van der Waals surface area (Å²) in [5, 5.41) is 10.2. The highest BCUT2D eigenvalue weighted by Gasteiger charge is 2.21. The highest BCUT2D eigenvalue weighted by Crippen LogP contribution is 2.03. The van der Waals surface area contributed by atoms with Crippen LogP contribution < -0.4 is 11.1 Å². The molecular formula is C8H9FN2O4. The number of nitrogens with zero attached hydrogens (tertiary/aromatic N) is 1. The predicted octanol–water partition coefficient (Wildman–Crippen LogP) is -0.294. The van der Waals surface area contributed by atoms with Gasteiger partial charge in [-0.1, -0.05) is 0 Å². The Labute approximate surface area is 83.0 Å². The molecule has 1 atom stereocenters. The van der Waals surface area contributed by atoms with Crippen molar-refractivity contribution in [1.29, 1.82) is 0 Å². The van der Waals surface area contributed by atoms with Crippen LogP contribution in [0.1, 0.15) is 17.4 Å². The molecule has 0 radical (unpaired) electrons. The lowest BCUT2D eigenvalue weighted by molar-refractivity contribution is -0.147. The zero-order chi connectivity index (χ0) is 11.7. The molecule has 0 aromatic carbocycles. The van der Waals surface area contributed by atoms with Crippen LogP contribution in [0.5, 0.6) is 0 Å². The van der Waals surface area contributed by atoms with Gasteiger partial charge in [0.05, 0.1) is 0 Å². The van der Waals surface area contributed by atoms with Crippen LogP contribution in [0.4, 0.5) is 4.39 Å². The first-order chi connectivity index (χ1) is 6.86. The second-order valence-corrected chi connectivity index (χ2v) is 3.04. The van der Waals surface area contributed by atoms with Crippen molar-refractivity contribution in [1.82, 2.24) is 9.78 Å². The number of H-pyrrole nitrogens is 1. The van der Waals surface area contributed by atoms with Gasteiger partial charge in [-0.3, -0.25) is 14.7 Å². The molecule has 0 saturated carbocycles. The van der Waals surface area contributed by atoms with Crippen LogP contribution in [0.25, 0.3) is 0 Å². The third-order valence-electron chi connectivity index (χ3n) is 2.10. The van der Waals surface area contributed by atoms with E-state index in [-0.39, 0.29) is 15.8 Å². The van der Waals surface area contributed by atoms with Crippen LogP contribution in [-0.2, 0) is 4.79 Å². The smallest absolute Gasteiger partial charge is 0.361 e. The average Bonchev–Trinajstić information content (AvgIpc) is 2.19. The van der Waals surface area contributed by atoms with Gasteiger partial charge in [-0.2, -0.15) is 0 Å². The highest BCUT2D eigenvalue weighted by atomic mass is 19.1. The van der Waals surface area contributed by atoms with Gasteiger partial charge in [0, 0.05) is 11.1 Å². The lowest BCUT2D eigenvalue weighted by atomic mass is 10.2. The average molecular weight is 216 g/mol. The Balaban J connectivity index is 3.53. The summed E-state index contributed by atoms with van der Waals surface area (Å²) in [6.45, 7) is 2.73. The highest BCUT2D eigenvalue weighted by molar-refractivity contribution is 5.69. The molecule has 1 aromatic rings. The number of hydrogen-bond acceptors (Lipinski definition) is 3. The number of rotatable bonds is 2. The maximum absolute atomic E-state index is 13.0. The van der Waals surface area contributed by atoms with Crippen LogP contribution in [0.2, 0.25) is 0 Å². The molecule has 0 aliphatic heterocycles. The largest absolute Gasteiger partial charge is 0.478 e. The van der Waals surface area contributed by atoms with Crippen LogP contribution in [0, 0.1) is 13.8 Å². The Morgan fingerprint density at radius 3 is 2.40 bits per heavy atom. The fourth-order valence-corrected chi connectivity index (χ4v) is 1.03. The Hall–Kier alpha value is -1.92. The summed E-state index contributed by atoms with van der Waals surface area (Å²) in [4.78, 5) is 32.8. The molecule has 0 amide bonds. The minimum absolute atomic E-state index is 0.0302. The summed E-state index contributed by atoms with van der Waals surface area (Å²) >= 11 is 0. The van der Waals surface area contributed by atoms with Gasteiger partial charge >= 0.3 is 5.97 Å². The van der Waals surface area contributed by atoms with E-state index in [1.54, 1.807) is 0 Å². The maximum Gasteiger partial charge on any atom is 0.361 e. The Kier molecular flexibility index (Phi) is 2.74. The second kappa shape index (κ2) is 3.68. The van der Waals surface area contributed by atoms with Crippen LogP contribution in [0.15, 0.2) is 9.59 Å². The summed E-state index contributed by atoms with van der Waals surface area (Å²) in [5.41, 5.74) is -1.37. The number of halogens is 1. The van der Waals surface area contributed by atoms with E-state index in [4.69, 9.17) is 5.11 Å². The van der Waals surface area contributed by atoms with Gasteiger partial charge in [-0.15, -0.1) is 0 Å². The number of alkyl halides is 1. The van der Waals surface area contributed by atoms with Crippen molar-refractivity contribution < 1.29 is 14.3 Å². The van der Waals surface area contributed by atoms with E-state index in [1.165, 1.54) is 13.8 Å². The van der Waals surface area contributed by atoms with Gasteiger partial charge < -0.3 is 5.11 Å². The zero-order valence-electron chi connectivity index (χ0n) is 8.07. The predicted molar refractivity (Wildman–Crippen MR) is 48.6 cm³/mol. The molecule has 15 heavy (non-hydrogen) atoms. The molecule has 82 valence electrons. The molecule has 1 aromatic heterocycles. The number of carboxylic acid groups (broad SMARTS) is 1. The molecule has 0 aliphatic carbocycles. The fraction of sp³-hybridized carbons (Fsp3) is 0.375. The van der Waals surface area contributed by atoms with Crippen molar-refractivity contribution in [2.24, 2.45) is 0 Å². The molecule has 2 N–H and O–H groups in total. The lowest BCUT2D eigenvalue weighted by Gasteiger charge is -2.08. The topological polar surface area (TPSA) is 92.2 Å². The first kappa shape index (κ1) is 11.2. The summed E-state index contributed by atoms with van der Waals surface area (Å²) in [7, 11) is 0. The minimum Gasteiger partial charge on any atom is -0.478 e. The maximum atomic E-state index is 13.0. The van der Waals surface area contributed by atoms with Gasteiger partial charge in [-0.25, -0.2) is 13.9 Å². The first-order valence-electron chi connectivity index (χ1n) is 4.05. The van der Waals surface area contributed by atoms with E-state index in [0.717, 1.165) is 0 Å². The van der Waals surface area contributed by atoms with Gasteiger partial charge in [0.1, 0.15) is 0 Å². The van der Waals surface area contributed by atoms with Crippen LogP contribution in [0.3, 0.4) is 0 Å². The monoisotopic (exact) mass is 216 g/mol. The molecule has 1 rings (SSSR count). The number of carboxylic acids is 1. The van der Waals surface area contributed by atoms with E-state index < -0.39 is 23.4 Å². The van der Waals surface area contributed by atoms with Gasteiger partial charge in [0.15, 0.2) is 0 Å². The van der Waals surface area contributed by atoms with Crippen LogP contribution >= 0.6 is 0 Å². The van der Waals surface area contributed by atoms with Gasteiger partial charge in [0.2, 0.25) is 0 Å². The fourth-order valence-electron chi connectivity index (χ4n) is 1.03. The third kappa shape index (κ3) is 1.80. The number of nitrogens with one attached hydrogen (secondary N) is 1. The molecule has 0 spiro atoms. The lowest BCUT2D eigenvalue weighted by Crippen LogP contribution is -2.37. The van der Waals surface area contributed by atoms with E-state index in [2.05, 4.69) is 0 Å². The Morgan fingerprint density at radius 2 is 1.93 bits per heavy atom. The van der Waals surface area contributed by atoms with Gasteiger partial charge in [0.25, 0.3) is 17.4 Å². The van der Waals surface area contributed by atoms with E-state index >= 15 is 0 Å². The Morgan fingerprint density at radius 1 is 1.40 bits per heavy atom. The van der Waals surface area contributed by atoms with Crippen molar-refractivity contribution in [3.05, 3.63) is 31.8 Å². The molecule has 0 aliphatic rings. The van der Waals surface area contributed by atoms with Crippen molar-refractivity contribution in [2.75, 3.05) is 0 Å². The Bertz CT molecular complexity index is 516. The summed E-state index contributed by atoms with van der Waals surface area (Å²) in [5.74, 6) is -1.84. The molecule has 1 heterocycles. The molecule has 0 fully saturated rings. The second-order valence-electron chi connectivity index (χ2n) is 3.04. The first-order valence-corrected chi connectivity index (χ1v) is 4.05. The SMILES string of the molecule is Cc1c(C)c(=O)n(C(F)C(=O)O)[nH]c1=O.